The third kappa shape index (κ3) is 4.29. The predicted molar refractivity (Wildman–Crippen MR) is 95.6 cm³/mol. The summed E-state index contributed by atoms with van der Waals surface area (Å²) in [6, 6.07) is 2.43. The summed E-state index contributed by atoms with van der Waals surface area (Å²) in [7, 11) is -3.78. The zero-order valence-electron chi connectivity index (χ0n) is 15.2. The first-order valence-electron chi connectivity index (χ1n) is 9.58. The van der Waals surface area contributed by atoms with Gasteiger partial charge >= 0.3 is 0 Å². The quantitative estimate of drug-likeness (QED) is 0.763. The van der Waals surface area contributed by atoms with Gasteiger partial charge in [0.25, 0.3) is 5.91 Å². The van der Waals surface area contributed by atoms with Crippen molar-refractivity contribution in [1.29, 1.82) is 0 Å². The first-order valence-corrected chi connectivity index (χ1v) is 11.1. The fourth-order valence-corrected chi connectivity index (χ4v) is 4.81. The van der Waals surface area contributed by atoms with E-state index in [0.717, 1.165) is 18.9 Å². The smallest absolute Gasteiger partial charge is 0.267 e. The Morgan fingerprint density at radius 2 is 1.71 bits per heavy atom. The number of halogens is 3. The molecule has 28 heavy (non-hydrogen) atoms. The molecule has 0 heterocycles. The number of ether oxygens (including phenoxy) is 1. The Morgan fingerprint density at radius 3 is 2.29 bits per heavy atom. The SMILES string of the molecule is O=C(NS(=O)(=O)C1CC1)c1cc(C2CC2)c(OC2CCC(F)(F)CC2)cc1F. The van der Waals surface area contributed by atoms with E-state index in [2.05, 4.69) is 0 Å². The topological polar surface area (TPSA) is 72.5 Å². The standard InChI is InChI=1S/C19H22F3NO4S/c20-16-10-17(27-12-5-7-19(21,22)8-6-12)14(11-1-2-11)9-15(16)18(24)23-28(25,26)13-3-4-13/h9-13H,1-8H2,(H,23,24). The van der Waals surface area contributed by atoms with E-state index in [1.54, 1.807) is 0 Å². The number of benzene rings is 1. The van der Waals surface area contributed by atoms with Crippen molar-refractivity contribution >= 4 is 15.9 Å². The first kappa shape index (κ1) is 19.5. The molecule has 3 saturated carbocycles. The maximum absolute atomic E-state index is 14.6. The van der Waals surface area contributed by atoms with Crippen LogP contribution in [0.25, 0.3) is 0 Å². The summed E-state index contributed by atoms with van der Waals surface area (Å²) >= 11 is 0. The second kappa shape index (κ2) is 6.93. The van der Waals surface area contributed by atoms with Crippen molar-refractivity contribution in [3.05, 3.63) is 29.1 Å². The van der Waals surface area contributed by atoms with Gasteiger partial charge in [0, 0.05) is 18.9 Å². The van der Waals surface area contributed by atoms with Gasteiger partial charge in [-0.15, -0.1) is 0 Å². The molecule has 0 atom stereocenters. The lowest BCUT2D eigenvalue weighted by molar-refractivity contribution is -0.0583. The van der Waals surface area contributed by atoms with Crippen molar-refractivity contribution in [2.45, 2.75) is 74.6 Å². The van der Waals surface area contributed by atoms with Crippen LogP contribution in [0, 0.1) is 5.82 Å². The average Bonchev–Trinajstić information content (AvgIpc) is 3.47. The van der Waals surface area contributed by atoms with Crippen LogP contribution >= 0.6 is 0 Å². The average molecular weight is 417 g/mol. The van der Waals surface area contributed by atoms with Crippen LogP contribution in [0.5, 0.6) is 5.75 Å². The van der Waals surface area contributed by atoms with E-state index in [4.69, 9.17) is 4.74 Å². The van der Waals surface area contributed by atoms with Gasteiger partial charge in [-0.2, -0.15) is 0 Å². The first-order chi connectivity index (χ1) is 13.1. The van der Waals surface area contributed by atoms with Crippen LogP contribution in [0.4, 0.5) is 13.2 Å². The molecule has 0 bridgehead atoms. The predicted octanol–water partition coefficient (Wildman–Crippen LogP) is 3.88. The molecule has 0 unspecified atom stereocenters. The Morgan fingerprint density at radius 1 is 1.07 bits per heavy atom. The number of carbonyl (C=O) groups is 1. The van der Waals surface area contributed by atoms with E-state index in [-0.39, 0.29) is 42.9 Å². The lowest BCUT2D eigenvalue weighted by Gasteiger charge is -2.29. The third-order valence-corrected chi connectivity index (χ3v) is 7.34. The van der Waals surface area contributed by atoms with Gasteiger partial charge in [-0.05, 0) is 56.1 Å². The second-order valence-corrected chi connectivity index (χ2v) is 9.95. The number of sulfonamides is 1. The molecular formula is C19H22F3NO4S. The zero-order chi connectivity index (χ0) is 20.1. The molecule has 0 aliphatic heterocycles. The molecule has 0 saturated heterocycles. The van der Waals surface area contributed by atoms with Crippen molar-refractivity contribution in [2.24, 2.45) is 0 Å². The fraction of sp³-hybridized carbons (Fsp3) is 0.632. The van der Waals surface area contributed by atoms with Crippen LogP contribution in [0.1, 0.15) is 73.2 Å². The largest absolute Gasteiger partial charge is 0.490 e. The van der Waals surface area contributed by atoms with Gasteiger partial charge in [0.1, 0.15) is 11.6 Å². The summed E-state index contributed by atoms with van der Waals surface area (Å²) in [5.74, 6) is -4.19. The van der Waals surface area contributed by atoms with E-state index >= 15 is 0 Å². The molecule has 3 fully saturated rings. The van der Waals surface area contributed by atoms with Gasteiger partial charge in [0.15, 0.2) is 0 Å². The Hall–Kier alpha value is -1.77. The highest BCUT2D eigenvalue weighted by atomic mass is 32.2. The Kier molecular flexibility index (Phi) is 4.84. The molecular weight excluding hydrogens is 395 g/mol. The third-order valence-electron chi connectivity index (χ3n) is 5.52. The summed E-state index contributed by atoms with van der Waals surface area (Å²) in [5, 5.41) is -0.588. The highest BCUT2D eigenvalue weighted by molar-refractivity contribution is 7.91. The molecule has 0 aromatic heterocycles. The van der Waals surface area contributed by atoms with Crippen molar-refractivity contribution in [3.63, 3.8) is 0 Å². The number of amides is 1. The molecule has 3 aliphatic carbocycles. The van der Waals surface area contributed by atoms with Gasteiger partial charge < -0.3 is 4.74 Å². The van der Waals surface area contributed by atoms with Crippen LogP contribution in [-0.2, 0) is 10.0 Å². The van der Waals surface area contributed by atoms with Gasteiger partial charge in [-0.3, -0.25) is 4.79 Å². The zero-order valence-corrected chi connectivity index (χ0v) is 16.0. The molecule has 1 aromatic rings. The maximum atomic E-state index is 14.6. The van der Waals surface area contributed by atoms with Crippen molar-refractivity contribution < 1.29 is 31.1 Å². The van der Waals surface area contributed by atoms with Gasteiger partial charge in [0.05, 0.1) is 16.9 Å². The highest BCUT2D eigenvalue weighted by Gasteiger charge is 2.39. The summed E-state index contributed by atoms with van der Waals surface area (Å²) in [6.07, 6.45) is 2.10. The fourth-order valence-electron chi connectivity index (χ4n) is 3.52. The van der Waals surface area contributed by atoms with Crippen LogP contribution in [0.15, 0.2) is 12.1 Å². The Balaban J connectivity index is 1.54. The van der Waals surface area contributed by atoms with Crippen molar-refractivity contribution in [1.82, 2.24) is 4.72 Å². The molecule has 3 aliphatic rings. The van der Waals surface area contributed by atoms with Gasteiger partial charge in [-0.25, -0.2) is 26.3 Å². The number of alkyl halides is 2. The number of rotatable bonds is 6. The molecule has 1 amide bonds. The minimum Gasteiger partial charge on any atom is -0.490 e. The summed E-state index contributed by atoms with van der Waals surface area (Å²) in [6.45, 7) is 0. The summed E-state index contributed by atoms with van der Waals surface area (Å²) < 4.78 is 72.9. The lowest BCUT2D eigenvalue weighted by atomic mass is 9.94. The van der Waals surface area contributed by atoms with Crippen molar-refractivity contribution in [2.75, 3.05) is 0 Å². The summed E-state index contributed by atoms with van der Waals surface area (Å²) in [5.41, 5.74) is 0.293. The normalized spacial score (nSPS) is 22.7. The number of hydrogen-bond acceptors (Lipinski definition) is 4. The van der Waals surface area contributed by atoms with E-state index in [9.17, 15) is 26.4 Å². The number of carbonyl (C=O) groups excluding carboxylic acids is 1. The van der Waals surface area contributed by atoms with Crippen molar-refractivity contribution in [3.8, 4) is 5.75 Å². The minimum absolute atomic E-state index is 0.104. The number of nitrogens with one attached hydrogen (secondary N) is 1. The summed E-state index contributed by atoms with van der Waals surface area (Å²) in [4.78, 5) is 12.3. The van der Waals surface area contributed by atoms with Crippen LogP contribution < -0.4 is 9.46 Å². The van der Waals surface area contributed by atoms with Gasteiger partial charge in [-0.1, -0.05) is 0 Å². The molecule has 9 heteroatoms. The maximum Gasteiger partial charge on any atom is 0.267 e. The van der Waals surface area contributed by atoms with E-state index in [1.165, 1.54) is 6.07 Å². The molecule has 0 spiro atoms. The van der Waals surface area contributed by atoms with E-state index in [1.807, 2.05) is 4.72 Å². The molecule has 5 nitrogen and oxygen atoms in total. The molecule has 4 rings (SSSR count). The van der Waals surface area contributed by atoms with Crippen LogP contribution in [-0.4, -0.2) is 31.6 Å². The van der Waals surface area contributed by atoms with Crippen LogP contribution in [0.3, 0.4) is 0 Å². The Labute approximate surface area is 161 Å². The molecule has 1 N–H and O–H groups in total. The van der Waals surface area contributed by atoms with Gasteiger partial charge in [0.2, 0.25) is 15.9 Å². The minimum atomic E-state index is -3.78. The number of hydrogen-bond donors (Lipinski definition) is 1. The highest BCUT2D eigenvalue weighted by Crippen LogP contribution is 2.46. The monoisotopic (exact) mass is 417 g/mol. The molecule has 154 valence electrons. The van der Waals surface area contributed by atoms with E-state index < -0.39 is 39.0 Å². The molecule has 0 radical (unpaired) electrons. The lowest BCUT2D eigenvalue weighted by Crippen LogP contribution is -2.34. The Bertz CT molecular complexity index is 885. The van der Waals surface area contributed by atoms with Crippen LogP contribution in [0.2, 0.25) is 0 Å². The second-order valence-electron chi connectivity index (χ2n) is 7.99. The molecule has 1 aromatic carbocycles. The van der Waals surface area contributed by atoms with E-state index in [0.29, 0.717) is 18.4 Å².